The third-order valence-corrected chi connectivity index (χ3v) is 4.12. The maximum absolute atomic E-state index is 9.10. The lowest BCUT2D eigenvalue weighted by Crippen LogP contribution is -2.17. The summed E-state index contributed by atoms with van der Waals surface area (Å²) in [5.41, 5.74) is 3.37. The highest BCUT2D eigenvalue weighted by molar-refractivity contribution is 6.27. The van der Waals surface area contributed by atoms with E-state index < -0.39 is 11.9 Å². The van der Waals surface area contributed by atoms with Gasteiger partial charge in [-0.2, -0.15) is 0 Å². The zero-order chi connectivity index (χ0) is 21.8. The molecule has 2 aromatic carbocycles. The van der Waals surface area contributed by atoms with Crippen LogP contribution in [0.1, 0.15) is 16.7 Å². The quantitative estimate of drug-likeness (QED) is 0.453. The van der Waals surface area contributed by atoms with Gasteiger partial charge in [0, 0.05) is 17.7 Å². The summed E-state index contributed by atoms with van der Waals surface area (Å²) in [5.74, 6) is -0.981. The molecule has 0 atom stereocenters. The van der Waals surface area contributed by atoms with E-state index in [0.29, 0.717) is 0 Å². The summed E-state index contributed by atoms with van der Waals surface area (Å²) in [6.07, 6.45) is 0.918. The number of carboxylic acid groups (broad SMARTS) is 2. The molecule has 0 saturated heterocycles. The minimum absolute atomic E-state index is 0.753. The Morgan fingerprint density at radius 2 is 1.48 bits per heavy atom. The largest absolute Gasteiger partial charge is 0.496 e. The van der Waals surface area contributed by atoms with Gasteiger partial charge in [0.15, 0.2) is 0 Å². The Morgan fingerprint density at radius 3 is 2.03 bits per heavy atom. The first kappa shape index (κ1) is 23.8. The first-order chi connectivity index (χ1) is 13.8. The topological polar surface area (TPSA) is 114 Å². The fraction of sp³-hybridized carbons (Fsp3) is 0.333. The summed E-state index contributed by atoms with van der Waals surface area (Å²) in [6, 6.07) is 12.1. The molecule has 0 unspecified atom stereocenters. The smallest absolute Gasteiger partial charge is 0.414 e. The lowest BCUT2D eigenvalue weighted by Gasteiger charge is -2.15. The van der Waals surface area contributed by atoms with E-state index in [0.717, 1.165) is 47.9 Å². The third kappa shape index (κ3) is 7.34. The number of hydrogen-bond acceptors (Lipinski definition) is 6. The monoisotopic (exact) mass is 405 g/mol. The predicted octanol–water partition coefficient (Wildman–Crippen LogP) is 2.51. The summed E-state index contributed by atoms with van der Waals surface area (Å²) in [6.45, 7) is 3.63. The molecule has 3 N–H and O–H groups in total. The summed E-state index contributed by atoms with van der Waals surface area (Å²) in [5, 5.41) is 18.2. The maximum atomic E-state index is 9.10. The maximum Gasteiger partial charge on any atom is 0.414 e. The van der Waals surface area contributed by atoms with Gasteiger partial charge in [0.25, 0.3) is 0 Å². The zero-order valence-electron chi connectivity index (χ0n) is 17.0. The van der Waals surface area contributed by atoms with Crippen molar-refractivity contribution in [3.63, 3.8) is 0 Å². The van der Waals surface area contributed by atoms with Gasteiger partial charge in [-0.15, -0.1) is 0 Å². The average Bonchev–Trinajstić information content (AvgIpc) is 2.72. The van der Waals surface area contributed by atoms with Crippen molar-refractivity contribution in [1.29, 1.82) is 0 Å². The Labute approximate surface area is 170 Å². The Hall–Kier alpha value is -3.26. The van der Waals surface area contributed by atoms with Crippen LogP contribution in [0.2, 0.25) is 0 Å². The fourth-order valence-electron chi connectivity index (χ4n) is 2.73. The number of nitrogens with one attached hydrogen (secondary N) is 1. The average molecular weight is 405 g/mol. The van der Waals surface area contributed by atoms with Crippen LogP contribution in [0.15, 0.2) is 36.4 Å². The molecule has 0 bridgehead atoms. The van der Waals surface area contributed by atoms with Crippen molar-refractivity contribution >= 4 is 11.9 Å². The van der Waals surface area contributed by atoms with Gasteiger partial charge < -0.3 is 29.7 Å². The van der Waals surface area contributed by atoms with Gasteiger partial charge in [-0.25, -0.2) is 9.59 Å². The second-order valence-corrected chi connectivity index (χ2v) is 5.93. The number of carboxylic acids is 2. The molecule has 2 rings (SSSR count). The van der Waals surface area contributed by atoms with Crippen molar-refractivity contribution in [3.8, 4) is 17.2 Å². The number of ether oxygens (including phenoxy) is 3. The SMILES string of the molecule is COc1ccccc1CCNCc1ccc(OC)c(C)c1OC.O=C(O)C(=O)O. The Balaban J connectivity index is 0.000000612. The molecule has 29 heavy (non-hydrogen) atoms. The van der Waals surface area contributed by atoms with E-state index in [2.05, 4.69) is 11.4 Å². The number of hydrogen-bond donors (Lipinski definition) is 3. The number of aliphatic carboxylic acids is 2. The van der Waals surface area contributed by atoms with Crippen molar-refractivity contribution in [2.24, 2.45) is 0 Å². The Kier molecular flexibility index (Phi) is 10.0. The van der Waals surface area contributed by atoms with Crippen LogP contribution in [0.4, 0.5) is 0 Å². The normalized spacial score (nSPS) is 9.79. The van der Waals surface area contributed by atoms with E-state index in [-0.39, 0.29) is 0 Å². The number of para-hydroxylation sites is 1. The third-order valence-electron chi connectivity index (χ3n) is 4.12. The van der Waals surface area contributed by atoms with Crippen molar-refractivity contribution in [1.82, 2.24) is 5.32 Å². The van der Waals surface area contributed by atoms with Crippen LogP contribution in [0, 0.1) is 6.92 Å². The minimum Gasteiger partial charge on any atom is -0.496 e. The molecular weight excluding hydrogens is 378 g/mol. The first-order valence-corrected chi connectivity index (χ1v) is 8.84. The molecule has 0 fully saturated rings. The molecule has 158 valence electrons. The van der Waals surface area contributed by atoms with Gasteiger partial charge in [-0.3, -0.25) is 0 Å². The predicted molar refractivity (Wildman–Crippen MR) is 108 cm³/mol. The van der Waals surface area contributed by atoms with Crippen LogP contribution in [-0.2, 0) is 22.6 Å². The molecule has 0 aromatic heterocycles. The van der Waals surface area contributed by atoms with Gasteiger partial charge in [-0.05, 0) is 37.6 Å². The highest BCUT2D eigenvalue weighted by Gasteiger charge is 2.11. The first-order valence-electron chi connectivity index (χ1n) is 8.84. The molecule has 2 aromatic rings. The van der Waals surface area contributed by atoms with Gasteiger partial charge in [0.1, 0.15) is 17.2 Å². The molecule has 0 aliphatic carbocycles. The molecular formula is C21H27NO7. The highest BCUT2D eigenvalue weighted by Crippen LogP contribution is 2.31. The van der Waals surface area contributed by atoms with Crippen molar-refractivity contribution in [2.75, 3.05) is 27.9 Å². The zero-order valence-corrected chi connectivity index (χ0v) is 17.0. The van der Waals surface area contributed by atoms with Gasteiger partial charge in [0.2, 0.25) is 0 Å². The summed E-state index contributed by atoms with van der Waals surface area (Å²) in [7, 11) is 5.07. The Morgan fingerprint density at radius 1 is 0.862 bits per heavy atom. The van der Waals surface area contributed by atoms with Crippen LogP contribution in [0.25, 0.3) is 0 Å². The lowest BCUT2D eigenvalue weighted by atomic mass is 10.1. The summed E-state index contributed by atoms with van der Waals surface area (Å²) < 4.78 is 16.2. The van der Waals surface area contributed by atoms with Gasteiger partial charge in [0.05, 0.1) is 21.3 Å². The molecule has 0 aliphatic heterocycles. The lowest BCUT2D eigenvalue weighted by molar-refractivity contribution is -0.159. The molecule has 8 heteroatoms. The second-order valence-electron chi connectivity index (χ2n) is 5.93. The van der Waals surface area contributed by atoms with Crippen LogP contribution in [0.5, 0.6) is 17.2 Å². The summed E-state index contributed by atoms with van der Waals surface area (Å²) in [4.78, 5) is 18.2. The van der Waals surface area contributed by atoms with E-state index in [4.69, 9.17) is 34.0 Å². The Bertz CT molecular complexity index is 809. The van der Waals surface area contributed by atoms with E-state index >= 15 is 0 Å². The standard InChI is InChI=1S/C19H25NO3.C2H2O4/c1-14-17(21-2)10-9-16(19(14)23-4)13-20-12-11-15-7-5-6-8-18(15)22-3;3-1(4)2(5)6/h5-10,20H,11-13H2,1-4H3;(H,3,4)(H,5,6). The van der Waals surface area contributed by atoms with Crippen LogP contribution < -0.4 is 19.5 Å². The fourth-order valence-corrected chi connectivity index (χ4v) is 2.73. The second kappa shape index (κ2) is 12.2. The van der Waals surface area contributed by atoms with Crippen LogP contribution >= 0.6 is 0 Å². The molecule has 8 nitrogen and oxygen atoms in total. The molecule has 0 radical (unpaired) electrons. The van der Waals surface area contributed by atoms with Crippen molar-refractivity contribution in [2.45, 2.75) is 19.9 Å². The molecule has 0 saturated carbocycles. The van der Waals surface area contributed by atoms with Crippen LogP contribution in [0.3, 0.4) is 0 Å². The van der Waals surface area contributed by atoms with E-state index in [9.17, 15) is 0 Å². The minimum atomic E-state index is -1.82. The molecule has 0 amide bonds. The summed E-state index contributed by atoms with van der Waals surface area (Å²) >= 11 is 0. The highest BCUT2D eigenvalue weighted by atomic mass is 16.5. The number of methoxy groups -OCH3 is 3. The number of rotatable bonds is 8. The molecule has 0 aliphatic rings. The number of benzene rings is 2. The number of carbonyl (C=O) groups is 2. The van der Waals surface area contributed by atoms with Gasteiger partial charge >= 0.3 is 11.9 Å². The van der Waals surface area contributed by atoms with Crippen LogP contribution in [-0.4, -0.2) is 50.0 Å². The van der Waals surface area contributed by atoms with E-state index in [1.54, 1.807) is 21.3 Å². The van der Waals surface area contributed by atoms with Gasteiger partial charge in [-0.1, -0.05) is 24.3 Å². The van der Waals surface area contributed by atoms with E-state index in [1.165, 1.54) is 5.56 Å². The molecule has 0 spiro atoms. The van der Waals surface area contributed by atoms with Crippen molar-refractivity contribution in [3.05, 3.63) is 53.1 Å². The van der Waals surface area contributed by atoms with E-state index in [1.807, 2.05) is 37.3 Å². The molecule has 0 heterocycles. The van der Waals surface area contributed by atoms with Crippen molar-refractivity contribution < 1.29 is 34.0 Å².